The van der Waals surface area contributed by atoms with Crippen LogP contribution in [0.3, 0.4) is 0 Å². The van der Waals surface area contributed by atoms with Gasteiger partial charge in [0, 0.05) is 18.4 Å². The molecule has 6 nitrogen and oxygen atoms in total. The predicted molar refractivity (Wildman–Crippen MR) is 62.6 cm³/mol. The molecule has 1 aromatic rings. The van der Waals surface area contributed by atoms with E-state index in [2.05, 4.69) is 15.5 Å². The number of hydrogen-bond acceptors (Lipinski definition) is 3. The zero-order chi connectivity index (χ0) is 12.8. The van der Waals surface area contributed by atoms with E-state index in [4.69, 9.17) is 5.11 Å². The number of nitrogens with zero attached hydrogens (tertiary/aromatic N) is 1. The Hall–Kier alpha value is -1.85. The molecule has 94 valence electrons. The molecule has 1 aromatic heterocycles. The van der Waals surface area contributed by atoms with Gasteiger partial charge in [0.25, 0.3) is 0 Å². The van der Waals surface area contributed by atoms with E-state index in [1.54, 1.807) is 13.1 Å². The number of H-pyrrole nitrogens is 1. The number of anilines is 1. The Bertz CT molecular complexity index is 400. The van der Waals surface area contributed by atoms with Crippen molar-refractivity contribution in [1.29, 1.82) is 0 Å². The van der Waals surface area contributed by atoms with Crippen molar-refractivity contribution in [2.75, 3.05) is 5.32 Å². The Morgan fingerprint density at radius 1 is 1.53 bits per heavy atom. The molecule has 0 aliphatic rings. The van der Waals surface area contributed by atoms with Crippen LogP contribution in [0, 0.1) is 5.92 Å². The first-order valence-corrected chi connectivity index (χ1v) is 5.56. The highest BCUT2D eigenvalue weighted by atomic mass is 16.4. The van der Waals surface area contributed by atoms with Gasteiger partial charge in [0.1, 0.15) is 5.82 Å². The molecule has 17 heavy (non-hydrogen) atoms. The fourth-order valence-corrected chi connectivity index (χ4v) is 1.56. The van der Waals surface area contributed by atoms with Gasteiger partial charge < -0.3 is 10.4 Å². The van der Waals surface area contributed by atoms with Gasteiger partial charge in [-0.25, -0.2) is 0 Å². The molecule has 0 fully saturated rings. The standard InChI is InChI=1S/C11H17N3O3/c1-3-8-6-12-14-11(8)13-9(15)4-7(2)5-10(16)17/h6-7H,3-5H2,1-2H3,(H,16,17)(H2,12,13,14,15). The van der Waals surface area contributed by atoms with Crippen molar-refractivity contribution in [2.24, 2.45) is 5.92 Å². The average molecular weight is 239 g/mol. The van der Waals surface area contributed by atoms with Crippen LogP contribution in [-0.4, -0.2) is 27.2 Å². The second kappa shape index (κ2) is 6.03. The van der Waals surface area contributed by atoms with Crippen molar-refractivity contribution in [2.45, 2.75) is 33.1 Å². The minimum atomic E-state index is -0.888. The van der Waals surface area contributed by atoms with Crippen LogP contribution < -0.4 is 5.32 Å². The first kappa shape index (κ1) is 13.2. The maximum Gasteiger partial charge on any atom is 0.303 e. The van der Waals surface area contributed by atoms with Crippen LogP contribution in [0.4, 0.5) is 5.82 Å². The lowest BCUT2D eigenvalue weighted by Crippen LogP contribution is -2.17. The molecule has 1 unspecified atom stereocenters. The number of aliphatic carboxylic acids is 1. The quantitative estimate of drug-likeness (QED) is 0.699. The summed E-state index contributed by atoms with van der Waals surface area (Å²) in [5, 5.41) is 17.8. The van der Waals surface area contributed by atoms with Gasteiger partial charge in [-0.1, -0.05) is 13.8 Å². The number of carboxylic acids is 1. The smallest absolute Gasteiger partial charge is 0.303 e. The predicted octanol–water partition coefficient (Wildman–Crippen LogP) is 1.41. The van der Waals surface area contributed by atoms with E-state index in [-0.39, 0.29) is 24.7 Å². The molecule has 0 aromatic carbocycles. The van der Waals surface area contributed by atoms with Crippen molar-refractivity contribution in [3.8, 4) is 0 Å². The van der Waals surface area contributed by atoms with Crippen LogP contribution in [0.1, 0.15) is 32.3 Å². The number of carboxylic acid groups (broad SMARTS) is 1. The molecule has 0 aliphatic heterocycles. The Morgan fingerprint density at radius 3 is 2.82 bits per heavy atom. The van der Waals surface area contributed by atoms with Crippen molar-refractivity contribution in [1.82, 2.24) is 10.2 Å². The first-order chi connectivity index (χ1) is 8.02. The molecule has 1 amide bonds. The van der Waals surface area contributed by atoms with Gasteiger partial charge in [-0.3, -0.25) is 14.7 Å². The fourth-order valence-electron chi connectivity index (χ4n) is 1.56. The Balaban J connectivity index is 2.47. The lowest BCUT2D eigenvalue weighted by molar-refractivity contribution is -0.138. The number of nitrogens with one attached hydrogen (secondary N) is 2. The molecular weight excluding hydrogens is 222 g/mol. The molecule has 0 aliphatic carbocycles. The number of amides is 1. The maximum absolute atomic E-state index is 11.6. The summed E-state index contributed by atoms with van der Waals surface area (Å²) in [5.74, 6) is -0.667. The maximum atomic E-state index is 11.6. The summed E-state index contributed by atoms with van der Waals surface area (Å²) >= 11 is 0. The summed E-state index contributed by atoms with van der Waals surface area (Å²) in [4.78, 5) is 22.1. The summed E-state index contributed by atoms with van der Waals surface area (Å²) in [6, 6.07) is 0. The van der Waals surface area contributed by atoms with Gasteiger partial charge in [0.15, 0.2) is 0 Å². The van der Waals surface area contributed by atoms with Gasteiger partial charge >= 0.3 is 5.97 Å². The molecule has 0 saturated carbocycles. The number of carbonyl (C=O) groups is 2. The van der Waals surface area contributed by atoms with Crippen LogP contribution >= 0.6 is 0 Å². The van der Waals surface area contributed by atoms with Crippen LogP contribution in [0.25, 0.3) is 0 Å². The number of carbonyl (C=O) groups excluding carboxylic acids is 1. The molecule has 3 N–H and O–H groups in total. The third kappa shape index (κ3) is 4.26. The number of aromatic nitrogens is 2. The average Bonchev–Trinajstić information content (AvgIpc) is 2.63. The molecule has 0 saturated heterocycles. The summed E-state index contributed by atoms with van der Waals surface area (Å²) in [6.45, 7) is 3.70. The molecular formula is C11H17N3O3. The molecule has 1 heterocycles. The normalized spacial score (nSPS) is 12.1. The highest BCUT2D eigenvalue weighted by Gasteiger charge is 2.14. The number of rotatable bonds is 6. The molecule has 0 spiro atoms. The van der Waals surface area contributed by atoms with Crippen LogP contribution in [-0.2, 0) is 16.0 Å². The second-order valence-electron chi connectivity index (χ2n) is 4.08. The number of aromatic amines is 1. The third-order valence-electron chi connectivity index (χ3n) is 2.42. The number of aryl methyl sites for hydroxylation is 1. The van der Waals surface area contributed by atoms with E-state index in [9.17, 15) is 9.59 Å². The van der Waals surface area contributed by atoms with E-state index >= 15 is 0 Å². The fraction of sp³-hybridized carbons (Fsp3) is 0.545. The molecule has 6 heteroatoms. The van der Waals surface area contributed by atoms with Crippen molar-refractivity contribution in [3.63, 3.8) is 0 Å². The van der Waals surface area contributed by atoms with E-state index in [1.807, 2.05) is 6.92 Å². The minimum Gasteiger partial charge on any atom is -0.481 e. The Kier molecular flexibility index (Phi) is 4.68. The highest BCUT2D eigenvalue weighted by Crippen LogP contribution is 2.13. The minimum absolute atomic E-state index is 0.00295. The summed E-state index contributed by atoms with van der Waals surface area (Å²) < 4.78 is 0. The number of hydrogen-bond donors (Lipinski definition) is 3. The Morgan fingerprint density at radius 2 is 2.24 bits per heavy atom. The van der Waals surface area contributed by atoms with Gasteiger partial charge in [0.05, 0.1) is 6.20 Å². The topological polar surface area (TPSA) is 95.1 Å². The van der Waals surface area contributed by atoms with Crippen molar-refractivity contribution >= 4 is 17.7 Å². The van der Waals surface area contributed by atoms with E-state index in [0.717, 1.165) is 12.0 Å². The summed E-state index contributed by atoms with van der Waals surface area (Å²) in [5.41, 5.74) is 0.934. The van der Waals surface area contributed by atoms with Gasteiger partial charge in [0.2, 0.25) is 5.91 Å². The van der Waals surface area contributed by atoms with Gasteiger partial charge in [-0.15, -0.1) is 0 Å². The molecule has 0 radical (unpaired) electrons. The summed E-state index contributed by atoms with van der Waals surface area (Å²) in [6.07, 6.45) is 2.62. The van der Waals surface area contributed by atoms with E-state index in [0.29, 0.717) is 5.82 Å². The molecule has 0 bridgehead atoms. The van der Waals surface area contributed by atoms with E-state index < -0.39 is 5.97 Å². The lowest BCUT2D eigenvalue weighted by atomic mass is 10.0. The summed E-state index contributed by atoms with van der Waals surface area (Å²) in [7, 11) is 0. The van der Waals surface area contributed by atoms with Crippen LogP contribution in [0.2, 0.25) is 0 Å². The van der Waals surface area contributed by atoms with Crippen molar-refractivity contribution in [3.05, 3.63) is 11.8 Å². The van der Waals surface area contributed by atoms with E-state index in [1.165, 1.54) is 0 Å². The lowest BCUT2D eigenvalue weighted by Gasteiger charge is -2.09. The third-order valence-corrected chi connectivity index (χ3v) is 2.42. The van der Waals surface area contributed by atoms with Gasteiger partial charge in [-0.05, 0) is 12.3 Å². The highest BCUT2D eigenvalue weighted by molar-refractivity contribution is 5.90. The zero-order valence-electron chi connectivity index (χ0n) is 9.99. The molecule has 1 rings (SSSR count). The van der Waals surface area contributed by atoms with Crippen LogP contribution in [0.5, 0.6) is 0 Å². The Labute approximate surface area is 99.4 Å². The molecule has 1 atom stereocenters. The SMILES string of the molecule is CCc1cn[nH]c1NC(=O)CC(C)CC(=O)O. The monoisotopic (exact) mass is 239 g/mol. The van der Waals surface area contributed by atoms with Crippen LogP contribution in [0.15, 0.2) is 6.20 Å². The first-order valence-electron chi connectivity index (χ1n) is 5.56. The van der Waals surface area contributed by atoms with Gasteiger partial charge in [-0.2, -0.15) is 5.10 Å². The largest absolute Gasteiger partial charge is 0.481 e. The zero-order valence-corrected chi connectivity index (χ0v) is 9.99. The van der Waals surface area contributed by atoms with Crippen molar-refractivity contribution < 1.29 is 14.7 Å². The second-order valence-corrected chi connectivity index (χ2v) is 4.08.